The lowest BCUT2D eigenvalue weighted by molar-refractivity contribution is -0.147. The van der Waals surface area contributed by atoms with E-state index in [0.29, 0.717) is 31.9 Å². The number of hydrogen-bond donors (Lipinski definition) is 0. The second-order valence-electron chi connectivity index (χ2n) is 6.11. The van der Waals surface area contributed by atoms with Crippen LogP contribution in [-0.4, -0.2) is 45.0 Å². The molecule has 1 unspecified atom stereocenters. The number of hydrogen-bond acceptors (Lipinski definition) is 5. The zero-order valence-electron chi connectivity index (χ0n) is 16.2. The lowest BCUT2D eigenvalue weighted by Gasteiger charge is -2.22. The third-order valence-corrected chi connectivity index (χ3v) is 6.07. The quantitative estimate of drug-likeness (QED) is 0.407. The summed E-state index contributed by atoms with van der Waals surface area (Å²) < 4.78 is 37.6. The van der Waals surface area contributed by atoms with Crippen molar-refractivity contribution < 1.29 is 22.7 Å². The Morgan fingerprint density at radius 1 is 1.15 bits per heavy atom. The summed E-state index contributed by atoms with van der Waals surface area (Å²) in [5.41, 5.74) is 0. The van der Waals surface area contributed by atoms with Crippen molar-refractivity contribution in [1.82, 2.24) is 4.31 Å². The second kappa shape index (κ2) is 11.2. The first-order chi connectivity index (χ1) is 12.4. The smallest absolute Gasteiger partial charge is 0.308 e. The van der Waals surface area contributed by atoms with Crippen molar-refractivity contribution in [1.29, 1.82) is 0 Å². The van der Waals surface area contributed by atoms with Crippen LogP contribution in [0.4, 0.5) is 0 Å². The summed E-state index contributed by atoms with van der Waals surface area (Å²) in [5, 5.41) is 0. The molecule has 0 saturated carbocycles. The topological polar surface area (TPSA) is 72.9 Å². The molecule has 6 nitrogen and oxygen atoms in total. The number of rotatable bonds is 12. The van der Waals surface area contributed by atoms with E-state index in [0.717, 1.165) is 12.8 Å². The molecule has 0 aliphatic carbocycles. The highest BCUT2D eigenvalue weighted by molar-refractivity contribution is 7.89. The molecule has 0 radical (unpaired) electrons. The number of unbranched alkanes of at least 4 members (excludes halogenated alkanes) is 1. The predicted molar refractivity (Wildman–Crippen MR) is 102 cm³/mol. The van der Waals surface area contributed by atoms with E-state index in [4.69, 9.17) is 9.47 Å². The Morgan fingerprint density at radius 2 is 1.81 bits per heavy atom. The van der Waals surface area contributed by atoms with Gasteiger partial charge in [0.15, 0.2) is 0 Å². The fourth-order valence-electron chi connectivity index (χ4n) is 2.38. The van der Waals surface area contributed by atoms with Crippen LogP contribution in [0.1, 0.15) is 47.0 Å². The molecule has 0 aromatic heterocycles. The molecule has 1 aromatic rings. The maximum Gasteiger partial charge on any atom is 0.308 e. The van der Waals surface area contributed by atoms with E-state index in [9.17, 15) is 13.2 Å². The highest BCUT2D eigenvalue weighted by atomic mass is 32.2. The number of nitrogens with zero attached hydrogens (tertiary/aromatic N) is 1. The van der Waals surface area contributed by atoms with Gasteiger partial charge in [0.05, 0.1) is 24.0 Å². The van der Waals surface area contributed by atoms with Crippen LogP contribution < -0.4 is 4.74 Å². The van der Waals surface area contributed by atoms with Crippen molar-refractivity contribution in [3.63, 3.8) is 0 Å². The number of ether oxygens (including phenoxy) is 2. The molecule has 0 amide bonds. The summed E-state index contributed by atoms with van der Waals surface area (Å²) in [6, 6.07) is 6.48. The van der Waals surface area contributed by atoms with Crippen LogP contribution >= 0.6 is 0 Å². The molecule has 0 fully saturated rings. The monoisotopic (exact) mass is 385 g/mol. The van der Waals surface area contributed by atoms with E-state index >= 15 is 0 Å². The summed E-state index contributed by atoms with van der Waals surface area (Å²) in [4.78, 5) is 11.9. The summed E-state index contributed by atoms with van der Waals surface area (Å²) in [6.07, 6.45) is 2.43. The summed E-state index contributed by atoms with van der Waals surface area (Å²) in [7, 11) is -3.60. The van der Waals surface area contributed by atoms with Gasteiger partial charge in [0, 0.05) is 13.1 Å². The zero-order valence-corrected chi connectivity index (χ0v) is 17.0. The Hall–Kier alpha value is -1.60. The van der Waals surface area contributed by atoms with Crippen LogP contribution in [0.2, 0.25) is 0 Å². The van der Waals surface area contributed by atoms with E-state index in [-0.39, 0.29) is 23.3 Å². The van der Waals surface area contributed by atoms with Gasteiger partial charge in [0.25, 0.3) is 0 Å². The van der Waals surface area contributed by atoms with Crippen molar-refractivity contribution >= 4 is 16.0 Å². The number of sulfonamides is 1. The lowest BCUT2D eigenvalue weighted by Crippen LogP contribution is -2.33. The van der Waals surface area contributed by atoms with Gasteiger partial charge in [-0.05, 0) is 44.0 Å². The normalized spacial score (nSPS) is 12.8. The minimum Gasteiger partial charge on any atom is -0.494 e. The average molecular weight is 386 g/mol. The number of carbonyl (C=O) groups is 1. The van der Waals surface area contributed by atoms with Crippen LogP contribution in [0.3, 0.4) is 0 Å². The Balaban J connectivity index is 2.74. The van der Waals surface area contributed by atoms with Crippen LogP contribution in [0.5, 0.6) is 5.75 Å². The van der Waals surface area contributed by atoms with E-state index in [1.807, 2.05) is 0 Å². The van der Waals surface area contributed by atoms with Gasteiger partial charge < -0.3 is 9.47 Å². The molecule has 26 heavy (non-hydrogen) atoms. The van der Waals surface area contributed by atoms with Gasteiger partial charge in [-0.25, -0.2) is 8.42 Å². The van der Waals surface area contributed by atoms with Crippen molar-refractivity contribution in [2.75, 3.05) is 26.3 Å². The first-order valence-electron chi connectivity index (χ1n) is 9.26. The Bertz CT molecular complexity index is 642. The standard InChI is InChI=1S/C19H31NO5S/c1-5-8-15-25-17-9-11-18(12-10-17)26(22,23)20(6-2)14-13-16(4)19(21)24-7-3/h9-12,16H,5-8,13-15H2,1-4H3. The van der Waals surface area contributed by atoms with Crippen molar-refractivity contribution in [3.05, 3.63) is 24.3 Å². The molecular formula is C19H31NO5S. The molecule has 1 aromatic carbocycles. The first-order valence-corrected chi connectivity index (χ1v) is 10.7. The van der Waals surface area contributed by atoms with Gasteiger partial charge in [-0.15, -0.1) is 0 Å². The molecule has 0 aliphatic heterocycles. The molecule has 148 valence electrons. The van der Waals surface area contributed by atoms with Gasteiger partial charge in [-0.1, -0.05) is 27.2 Å². The number of esters is 1. The molecule has 1 rings (SSSR count). The Morgan fingerprint density at radius 3 is 2.35 bits per heavy atom. The molecule has 0 bridgehead atoms. The van der Waals surface area contributed by atoms with Gasteiger partial charge in [0.2, 0.25) is 10.0 Å². The highest BCUT2D eigenvalue weighted by Gasteiger charge is 2.25. The fourth-order valence-corrected chi connectivity index (χ4v) is 3.84. The third-order valence-electron chi connectivity index (χ3n) is 4.08. The van der Waals surface area contributed by atoms with E-state index in [2.05, 4.69) is 6.92 Å². The van der Waals surface area contributed by atoms with Crippen LogP contribution in [-0.2, 0) is 19.6 Å². The Kier molecular flexibility index (Phi) is 9.65. The SMILES string of the molecule is CCCCOc1ccc(S(=O)(=O)N(CC)CCC(C)C(=O)OCC)cc1. The molecule has 0 N–H and O–H groups in total. The third kappa shape index (κ3) is 6.61. The van der Waals surface area contributed by atoms with Crippen molar-refractivity contribution in [2.24, 2.45) is 5.92 Å². The van der Waals surface area contributed by atoms with E-state index in [1.165, 1.54) is 4.31 Å². The van der Waals surface area contributed by atoms with Gasteiger partial charge in [0.1, 0.15) is 5.75 Å². The van der Waals surface area contributed by atoms with Crippen LogP contribution in [0, 0.1) is 5.92 Å². The van der Waals surface area contributed by atoms with E-state index < -0.39 is 10.0 Å². The molecule has 0 saturated heterocycles. The van der Waals surface area contributed by atoms with Crippen molar-refractivity contribution in [2.45, 2.75) is 51.9 Å². The summed E-state index contributed by atoms with van der Waals surface area (Å²) in [6.45, 7) is 8.93. The Labute approximate surface area is 157 Å². The van der Waals surface area contributed by atoms with Crippen molar-refractivity contribution in [3.8, 4) is 5.75 Å². The largest absolute Gasteiger partial charge is 0.494 e. The molecular weight excluding hydrogens is 354 g/mol. The van der Waals surface area contributed by atoms with Crippen LogP contribution in [0.25, 0.3) is 0 Å². The van der Waals surface area contributed by atoms with Gasteiger partial charge in [-0.3, -0.25) is 4.79 Å². The first kappa shape index (κ1) is 22.4. The minimum absolute atomic E-state index is 0.228. The second-order valence-corrected chi connectivity index (χ2v) is 8.05. The predicted octanol–water partition coefficient (Wildman–Crippen LogP) is 3.47. The number of benzene rings is 1. The number of carbonyl (C=O) groups excluding carboxylic acids is 1. The van der Waals surface area contributed by atoms with E-state index in [1.54, 1.807) is 45.0 Å². The zero-order chi connectivity index (χ0) is 19.6. The minimum atomic E-state index is -3.60. The molecule has 0 spiro atoms. The van der Waals surface area contributed by atoms with Gasteiger partial charge >= 0.3 is 5.97 Å². The maximum absolute atomic E-state index is 12.8. The average Bonchev–Trinajstić information content (AvgIpc) is 2.62. The fraction of sp³-hybridized carbons (Fsp3) is 0.632. The molecule has 0 heterocycles. The van der Waals surface area contributed by atoms with Gasteiger partial charge in [-0.2, -0.15) is 4.31 Å². The molecule has 1 atom stereocenters. The summed E-state index contributed by atoms with van der Waals surface area (Å²) in [5.74, 6) is 0.0273. The summed E-state index contributed by atoms with van der Waals surface area (Å²) >= 11 is 0. The lowest BCUT2D eigenvalue weighted by atomic mass is 10.1. The molecule has 7 heteroatoms. The maximum atomic E-state index is 12.8. The van der Waals surface area contributed by atoms with Crippen LogP contribution in [0.15, 0.2) is 29.2 Å². The highest BCUT2D eigenvalue weighted by Crippen LogP contribution is 2.21. The molecule has 0 aliphatic rings.